The monoisotopic (exact) mass is 435 g/mol. The number of alkyl halides is 4. The minimum absolute atomic E-state index is 0.208. The first-order valence-corrected chi connectivity index (χ1v) is 10.2. The van der Waals surface area contributed by atoms with Crippen molar-refractivity contribution in [3.8, 4) is 0 Å². The van der Waals surface area contributed by atoms with E-state index < -0.39 is 18.8 Å². The first-order chi connectivity index (χ1) is 14.5. The van der Waals surface area contributed by atoms with Crippen molar-refractivity contribution in [3.05, 3.63) is 71.3 Å². The minimum Gasteiger partial charge on any atom is -0.267 e. The second kappa shape index (κ2) is 10.6. The smallest absolute Gasteiger partial charge is 0.267 e. The third kappa shape index (κ3) is 6.64. The topological polar surface area (TPSA) is 30.7 Å². The van der Waals surface area contributed by atoms with Gasteiger partial charge in [-0.1, -0.05) is 44.2 Å². The van der Waals surface area contributed by atoms with E-state index in [1.54, 1.807) is 17.8 Å². The summed E-state index contributed by atoms with van der Waals surface area (Å²) in [7, 11) is 0. The van der Waals surface area contributed by atoms with Crippen molar-refractivity contribution in [2.24, 2.45) is 0 Å². The van der Waals surface area contributed by atoms with Gasteiger partial charge in [-0.15, -0.1) is 0 Å². The van der Waals surface area contributed by atoms with Crippen molar-refractivity contribution >= 4 is 11.6 Å². The van der Waals surface area contributed by atoms with Crippen LogP contribution in [0.25, 0.3) is 11.6 Å². The molecule has 0 aromatic carbocycles. The van der Waals surface area contributed by atoms with Gasteiger partial charge in [0.15, 0.2) is 0 Å². The molecule has 31 heavy (non-hydrogen) atoms. The molecule has 0 radical (unpaired) electrons. The molecule has 2 heterocycles. The maximum atomic E-state index is 13.2. The van der Waals surface area contributed by atoms with Crippen molar-refractivity contribution in [3.63, 3.8) is 0 Å². The normalized spacial score (nSPS) is 12.1. The van der Waals surface area contributed by atoms with Gasteiger partial charge in [0, 0.05) is 30.1 Å². The number of aryl methyl sites for hydroxylation is 2. The second-order valence-electron chi connectivity index (χ2n) is 7.74. The summed E-state index contributed by atoms with van der Waals surface area (Å²) in [4.78, 5) is 4.23. The predicted octanol–water partition coefficient (Wildman–Crippen LogP) is 6.87. The van der Waals surface area contributed by atoms with Gasteiger partial charge in [-0.2, -0.15) is 5.10 Å². The Labute approximate surface area is 181 Å². The second-order valence-corrected chi connectivity index (χ2v) is 7.74. The molecule has 0 saturated heterocycles. The lowest BCUT2D eigenvalue weighted by molar-refractivity contribution is -0.132. The van der Waals surface area contributed by atoms with E-state index in [0.717, 1.165) is 40.8 Å². The molecule has 0 aliphatic carbocycles. The average molecular weight is 436 g/mol. The molecular weight excluding hydrogens is 406 g/mol. The van der Waals surface area contributed by atoms with E-state index >= 15 is 0 Å². The highest BCUT2D eigenvalue weighted by Gasteiger charge is 2.40. The van der Waals surface area contributed by atoms with Crippen LogP contribution in [0, 0.1) is 6.92 Å². The molecule has 2 rings (SSSR count). The van der Waals surface area contributed by atoms with E-state index in [1.807, 2.05) is 25.3 Å². The first-order valence-electron chi connectivity index (χ1n) is 10.2. The zero-order valence-corrected chi connectivity index (χ0v) is 18.3. The Morgan fingerprint density at radius 1 is 1.29 bits per heavy atom. The molecule has 0 N–H and O–H groups in total. The number of hydrogen-bond donors (Lipinski definition) is 0. The van der Waals surface area contributed by atoms with Crippen LogP contribution in [0.5, 0.6) is 0 Å². The first kappa shape index (κ1) is 24.6. The highest BCUT2D eigenvalue weighted by Crippen LogP contribution is 2.29. The van der Waals surface area contributed by atoms with Crippen molar-refractivity contribution < 1.29 is 17.6 Å². The summed E-state index contributed by atoms with van der Waals surface area (Å²) in [6.45, 7) is 14.2. The van der Waals surface area contributed by atoms with Crippen LogP contribution < -0.4 is 0 Å². The fourth-order valence-corrected chi connectivity index (χ4v) is 3.06. The molecule has 0 unspecified atom stereocenters. The molecule has 3 nitrogen and oxygen atoms in total. The molecule has 0 spiro atoms. The van der Waals surface area contributed by atoms with Crippen LogP contribution in [0.4, 0.5) is 17.6 Å². The maximum absolute atomic E-state index is 13.2. The number of unbranched alkanes of at least 4 members (excludes halogenated alkanes) is 1. The van der Waals surface area contributed by atoms with Crippen LogP contribution >= 0.6 is 0 Å². The highest BCUT2D eigenvalue weighted by molar-refractivity contribution is 5.80. The van der Waals surface area contributed by atoms with E-state index in [0.29, 0.717) is 17.8 Å². The summed E-state index contributed by atoms with van der Waals surface area (Å²) in [6.07, 6.45) is 4.68. The molecule has 0 bridgehead atoms. The molecule has 0 saturated carbocycles. The summed E-state index contributed by atoms with van der Waals surface area (Å²) in [6, 6.07) is 1.82. The summed E-state index contributed by atoms with van der Waals surface area (Å²) < 4.78 is 52.9. The molecule has 0 atom stereocenters. The summed E-state index contributed by atoms with van der Waals surface area (Å²) in [5.41, 5.74) is 5.28. The van der Waals surface area contributed by atoms with Gasteiger partial charge < -0.3 is 0 Å². The van der Waals surface area contributed by atoms with E-state index in [1.165, 1.54) is 0 Å². The Morgan fingerprint density at radius 2 is 2.00 bits per heavy atom. The number of rotatable bonds is 11. The van der Waals surface area contributed by atoms with Crippen molar-refractivity contribution in [1.29, 1.82) is 0 Å². The lowest BCUT2D eigenvalue weighted by Gasteiger charge is -2.15. The predicted molar refractivity (Wildman–Crippen MR) is 117 cm³/mol. The molecule has 0 amide bonds. The van der Waals surface area contributed by atoms with Crippen LogP contribution in [0.1, 0.15) is 61.2 Å². The zero-order chi connectivity index (χ0) is 23.2. The number of aromatic nitrogens is 3. The Kier molecular flexibility index (Phi) is 8.36. The molecule has 2 aromatic rings. The number of pyridine rings is 1. The molecule has 0 aliphatic heterocycles. The lowest BCUT2D eigenvalue weighted by atomic mass is 10.0. The van der Waals surface area contributed by atoms with Crippen LogP contribution in [0.2, 0.25) is 0 Å². The van der Waals surface area contributed by atoms with Gasteiger partial charge in [-0.25, -0.2) is 17.6 Å². The van der Waals surface area contributed by atoms with Crippen LogP contribution in [0.3, 0.4) is 0 Å². The van der Waals surface area contributed by atoms with Crippen LogP contribution in [-0.4, -0.2) is 27.1 Å². The van der Waals surface area contributed by atoms with E-state index in [9.17, 15) is 17.6 Å². The SMILES string of the molecule is C=C(C)C(=C)c1cn(Cc2cnc(CCC(F)(F)C(F)F)c(C)c2)nc1/C=C\CCC. The van der Waals surface area contributed by atoms with Gasteiger partial charge in [-0.3, -0.25) is 9.67 Å². The quantitative estimate of drug-likeness (QED) is 0.285. The largest absolute Gasteiger partial charge is 0.307 e. The number of nitrogens with zero attached hydrogens (tertiary/aromatic N) is 3. The highest BCUT2D eigenvalue weighted by atomic mass is 19.3. The fraction of sp³-hybridized carbons (Fsp3) is 0.417. The third-order valence-corrected chi connectivity index (χ3v) is 4.96. The van der Waals surface area contributed by atoms with Gasteiger partial charge in [0.1, 0.15) is 0 Å². The standard InChI is InChI=1S/C24H29F4N3/c1-6-7-8-9-22-20(18(5)16(2)3)15-31(30-22)14-19-12-17(4)21(29-13-19)10-11-24(27,28)23(25)26/h8-9,12-13,15,23H,2,5-7,10-11,14H2,1,3-4H3/b9-8-. The molecule has 0 fully saturated rings. The lowest BCUT2D eigenvalue weighted by Crippen LogP contribution is -2.27. The molecule has 0 aliphatic rings. The third-order valence-electron chi connectivity index (χ3n) is 4.96. The summed E-state index contributed by atoms with van der Waals surface area (Å²) in [5.74, 6) is -4.01. The fourth-order valence-electron chi connectivity index (χ4n) is 3.06. The van der Waals surface area contributed by atoms with Gasteiger partial charge in [-0.05, 0) is 49.5 Å². The summed E-state index contributed by atoms with van der Waals surface area (Å²) >= 11 is 0. The molecular formula is C24H29F4N3. The average Bonchev–Trinajstić information content (AvgIpc) is 3.09. The van der Waals surface area contributed by atoms with Crippen molar-refractivity contribution in [2.45, 2.75) is 65.3 Å². The van der Waals surface area contributed by atoms with Gasteiger partial charge >= 0.3 is 12.3 Å². The minimum atomic E-state index is -4.01. The Morgan fingerprint density at radius 3 is 2.58 bits per heavy atom. The number of hydrogen-bond acceptors (Lipinski definition) is 2. The van der Waals surface area contributed by atoms with Gasteiger partial charge in [0.2, 0.25) is 0 Å². The van der Waals surface area contributed by atoms with E-state index in [2.05, 4.69) is 36.2 Å². The maximum Gasteiger partial charge on any atom is 0.307 e. The zero-order valence-electron chi connectivity index (χ0n) is 18.3. The van der Waals surface area contributed by atoms with Crippen molar-refractivity contribution in [2.75, 3.05) is 0 Å². The van der Waals surface area contributed by atoms with Crippen molar-refractivity contribution in [1.82, 2.24) is 14.8 Å². The van der Waals surface area contributed by atoms with Crippen LogP contribution in [-0.2, 0) is 13.0 Å². The van der Waals surface area contributed by atoms with E-state index in [4.69, 9.17) is 0 Å². The Bertz CT molecular complexity index is 958. The Hall–Kier alpha value is -2.70. The summed E-state index contributed by atoms with van der Waals surface area (Å²) in [5, 5.41) is 4.64. The number of allylic oxidation sites excluding steroid dienone is 3. The molecule has 2 aromatic heterocycles. The van der Waals surface area contributed by atoms with E-state index in [-0.39, 0.29) is 6.42 Å². The van der Waals surface area contributed by atoms with Gasteiger partial charge in [0.05, 0.1) is 12.2 Å². The number of halogens is 4. The van der Waals surface area contributed by atoms with Gasteiger partial charge in [0.25, 0.3) is 0 Å². The van der Waals surface area contributed by atoms with Crippen LogP contribution in [0.15, 0.2) is 43.3 Å². The molecule has 7 heteroatoms. The Balaban J connectivity index is 2.20. The molecule has 168 valence electrons.